The maximum atomic E-state index is 11.2. The van der Waals surface area contributed by atoms with Crippen LogP contribution in [0, 0.1) is 16.2 Å². The second-order valence-electron chi connectivity index (χ2n) is 12.7. The fourth-order valence-electron chi connectivity index (χ4n) is 5.53. The van der Waals surface area contributed by atoms with Crippen LogP contribution in [-0.2, 0) is 74.9 Å². The van der Waals surface area contributed by atoms with E-state index < -0.39 is 34.2 Å². The molecule has 0 saturated carbocycles. The Kier molecular flexibility index (Phi) is 24.7. The van der Waals surface area contributed by atoms with E-state index in [1.54, 1.807) is 0 Å². The Morgan fingerprint density at radius 1 is 0.286 bits per heavy atom. The van der Waals surface area contributed by atoms with Crippen molar-refractivity contribution >= 4 is 70.0 Å². The Morgan fingerprint density at radius 3 is 0.408 bits per heavy atom. The Balaban J connectivity index is -0.000000307. The molecule has 0 aliphatic rings. The summed E-state index contributed by atoms with van der Waals surface area (Å²) in [7, 11) is 0. The fraction of sp³-hybridized carbons (Fsp3) is 0.636. The first-order valence-corrected chi connectivity index (χ1v) is 14.7. The number of Topliss-reactive ketones (excluding diaryl/α,β-unsaturated/α-hetero) is 9. The molecule has 0 spiro atoms. The average Bonchev–Trinajstić information content (AvgIpc) is 2.80. The minimum atomic E-state index is -1.57. The van der Waals surface area contributed by atoms with Gasteiger partial charge in [0.1, 0.15) is 52.0 Å². The van der Waals surface area contributed by atoms with Gasteiger partial charge in [-0.25, -0.2) is 0 Å². The summed E-state index contributed by atoms with van der Waals surface area (Å²) in [5, 5.41) is 27.3. The monoisotopic (exact) mass is 736 g/mol. The molecule has 0 amide bonds. The smallest absolute Gasteiger partial charge is 0.310 e. The van der Waals surface area contributed by atoms with Crippen LogP contribution in [0.5, 0.6) is 0 Å². The van der Waals surface area contributed by atoms with Gasteiger partial charge in [0.05, 0.1) is 16.2 Å². The Morgan fingerprint density at radius 2 is 0.367 bits per heavy atom. The predicted octanol–water partition coefficient (Wildman–Crippen LogP) is 2.98. The van der Waals surface area contributed by atoms with E-state index in [2.05, 4.69) is 0 Å². The largest absolute Gasteiger partial charge is 0.481 e. The van der Waals surface area contributed by atoms with Crippen molar-refractivity contribution in [2.75, 3.05) is 0 Å². The van der Waals surface area contributed by atoms with Crippen LogP contribution in [0.2, 0.25) is 0 Å². The molecule has 0 aliphatic heterocycles. The Hall–Kier alpha value is -4.03. The first kappa shape index (κ1) is 51.8. The van der Waals surface area contributed by atoms with Gasteiger partial charge in [-0.2, -0.15) is 0 Å². The summed E-state index contributed by atoms with van der Waals surface area (Å²) in [6.45, 7) is 11.2. The van der Waals surface area contributed by atoms with E-state index in [9.17, 15) is 57.5 Å². The van der Waals surface area contributed by atoms with E-state index >= 15 is 0 Å². The molecule has 49 heavy (non-hydrogen) atoms. The van der Waals surface area contributed by atoms with E-state index in [-0.39, 0.29) is 127 Å². The van der Waals surface area contributed by atoms with E-state index in [0.717, 1.165) is 0 Å². The summed E-state index contributed by atoms with van der Waals surface area (Å²) in [6, 6.07) is 0. The SMILES string of the molecule is CC(=O)CC(CC(C)=O)(CC(C)=O)C(=O)O.CC(=O)CC(CC(C)=O)(CC(C)=O)C(=O)O.CC(=O)CC(CC(C)=O)(CC(C)=O)C(=O)O.[Cr]. The summed E-state index contributed by atoms with van der Waals surface area (Å²) < 4.78 is 0. The van der Waals surface area contributed by atoms with Crippen LogP contribution in [0.4, 0.5) is 0 Å². The summed E-state index contributed by atoms with van der Waals surface area (Å²) in [4.78, 5) is 133. The quantitative estimate of drug-likeness (QED) is 0.153. The molecule has 0 rings (SSSR count). The van der Waals surface area contributed by atoms with Gasteiger partial charge >= 0.3 is 17.9 Å². The number of rotatable bonds is 21. The minimum Gasteiger partial charge on any atom is -0.481 e. The van der Waals surface area contributed by atoms with E-state index in [0.29, 0.717) is 0 Å². The molecule has 16 heteroatoms. The van der Waals surface area contributed by atoms with Crippen LogP contribution in [0.1, 0.15) is 120 Å². The van der Waals surface area contributed by atoms with Gasteiger partial charge < -0.3 is 15.3 Å². The summed E-state index contributed by atoms with van der Waals surface area (Å²) >= 11 is 0. The molecule has 0 aromatic heterocycles. The van der Waals surface area contributed by atoms with Crippen molar-refractivity contribution in [1.29, 1.82) is 0 Å². The molecule has 0 aromatic rings. The van der Waals surface area contributed by atoms with Crippen molar-refractivity contribution in [3.63, 3.8) is 0 Å². The van der Waals surface area contributed by atoms with Crippen molar-refractivity contribution in [1.82, 2.24) is 0 Å². The number of carbonyl (C=O) groups is 12. The molecule has 3 N–H and O–H groups in total. The fourth-order valence-corrected chi connectivity index (χ4v) is 5.53. The number of aliphatic carboxylic acids is 3. The van der Waals surface area contributed by atoms with Gasteiger partial charge in [0.15, 0.2) is 0 Å². The minimum absolute atomic E-state index is 0. The molecule has 276 valence electrons. The normalized spacial score (nSPS) is 10.7. The molecular formula is C33H48CrO15. The van der Waals surface area contributed by atoms with Crippen molar-refractivity contribution in [3.8, 4) is 0 Å². The van der Waals surface area contributed by atoms with Gasteiger partial charge in [0, 0.05) is 75.1 Å². The van der Waals surface area contributed by atoms with Crippen LogP contribution in [0.15, 0.2) is 0 Å². The molecule has 15 nitrogen and oxygen atoms in total. The second kappa shape index (κ2) is 23.3. The molecule has 0 heterocycles. The predicted molar refractivity (Wildman–Crippen MR) is 168 cm³/mol. The van der Waals surface area contributed by atoms with Crippen molar-refractivity contribution in [2.45, 2.75) is 120 Å². The molecule has 0 saturated heterocycles. The van der Waals surface area contributed by atoms with Gasteiger partial charge in [0.2, 0.25) is 0 Å². The number of ketones is 9. The maximum absolute atomic E-state index is 11.2. The third-order valence-electron chi connectivity index (χ3n) is 6.65. The topological polar surface area (TPSA) is 266 Å². The molecule has 0 radical (unpaired) electrons. The molecule has 0 bridgehead atoms. The molecule has 0 aliphatic carbocycles. The zero-order valence-corrected chi connectivity index (χ0v) is 30.8. The van der Waals surface area contributed by atoms with Crippen molar-refractivity contribution in [3.05, 3.63) is 0 Å². The van der Waals surface area contributed by atoms with Crippen LogP contribution in [0.25, 0.3) is 0 Å². The molecular weight excluding hydrogens is 688 g/mol. The first-order valence-electron chi connectivity index (χ1n) is 14.7. The Labute approximate surface area is 296 Å². The molecule has 0 atom stereocenters. The van der Waals surface area contributed by atoms with E-state index in [1.807, 2.05) is 0 Å². The number of carbonyl (C=O) groups excluding carboxylic acids is 9. The van der Waals surface area contributed by atoms with E-state index in [1.165, 1.54) is 62.3 Å². The van der Waals surface area contributed by atoms with E-state index in [4.69, 9.17) is 15.3 Å². The molecule has 0 aromatic carbocycles. The number of hydrogen-bond donors (Lipinski definition) is 3. The first-order chi connectivity index (χ1) is 21.6. The third kappa shape index (κ3) is 22.3. The van der Waals surface area contributed by atoms with Gasteiger partial charge in [-0.3, -0.25) is 57.5 Å². The third-order valence-corrected chi connectivity index (χ3v) is 6.65. The zero-order chi connectivity index (χ0) is 38.8. The Bertz CT molecular complexity index is 1030. The maximum Gasteiger partial charge on any atom is 0.310 e. The molecule has 0 unspecified atom stereocenters. The van der Waals surface area contributed by atoms with Crippen LogP contribution < -0.4 is 0 Å². The second-order valence-corrected chi connectivity index (χ2v) is 12.7. The summed E-state index contributed by atoms with van der Waals surface area (Å²) in [5.41, 5.74) is -4.70. The number of carboxylic acid groups (broad SMARTS) is 3. The van der Waals surface area contributed by atoms with Crippen molar-refractivity contribution in [2.24, 2.45) is 16.2 Å². The van der Waals surface area contributed by atoms with Gasteiger partial charge in [0.25, 0.3) is 0 Å². The van der Waals surface area contributed by atoms with Crippen LogP contribution in [0.3, 0.4) is 0 Å². The average molecular weight is 737 g/mol. The van der Waals surface area contributed by atoms with Crippen LogP contribution >= 0.6 is 0 Å². The van der Waals surface area contributed by atoms with Gasteiger partial charge in [-0.05, 0) is 62.3 Å². The number of hydrogen-bond acceptors (Lipinski definition) is 12. The number of carboxylic acids is 3. The summed E-state index contributed by atoms with van der Waals surface area (Å²) in [6.07, 6.45) is -2.61. The van der Waals surface area contributed by atoms with Crippen molar-refractivity contribution < 1.29 is 90.2 Å². The van der Waals surface area contributed by atoms with Gasteiger partial charge in [-0.1, -0.05) is 0 Å². The molecule has 0 fully saturated rings. The zero-order valence-electron chi connectivity index (χ0n) is 29.5. The summed E-state index contributed by atoms with van der Waals surface area (Å²) in [5.74, 6) is -6.89. The van der Waals surface area contributed by atoms with Gasteiger partial charge in [-0.15, -0.1) is 0 Å². The van der Waals surface area contributed by atoms with Crippen LogP contribution in [-0.4, -0.2) is 85.3 Å². The standard InChI is InChI=1S/3C11H16O5.Cr/c3*1-7(12)4-11(10(15)16,5-8(2)13)6-9(3)14;/h3*4-6H2,1-3H3,(H,15,16);.